The van der Waals surface area contributed by atoms with Crippen molar-refractivity contribution in [2.24, 2.45) is 5.73 Å². The van der Waals surface area contributed by atoms with Gasteiger partial charge >= 0.3 is 0 Å². The second-order valence-corrected chi connectivity index (χ2v) is 5.08. The number of methoxy groups -OCH3 is 1. The van der Waals surface area contributed by atoms with Crippen molar-refractivity contribution in [2.45, 2.75) is 39.3 Å². The summed E-state index contributed by atoms with van der Waals surface area (Å²) < 4.78 is 5.25. The van der Waals surface area contributed by atoms with Gasteiger partial charge in [0.2, 0.25) is 0 Å². The van der Waals surface area contributed by atoms with Gasteiger partial charge in [-0.2, -0.15) is 0 Å². The van der Waals surface area contributed by atoms with Crippen molar-refractivity contribution in [3.05, 3.63) is 29.3 Å². The molecule has 3 N–H and O–H groups in total. The molecule has 0 aliphatic heterocycles. The Balaban J connectivity index is 2.61. The van der Waals surface area contributed by atoms with Crippen LogP contribution in [0.2, 0.25) is 0 Å². The second-order valence-electron chi connectivity index (χ2n) is 5.08. The average Bonchev–Trinajstić information content (AvgIpc) is 2.27. The van der Waals surface area contributed by atoms with Crippen molar-refractivity contribution in [2.75, 3.05) is 13.7 Å². The summed E-state index contributed by atoms with van der Waals surface area (Å²) in [5.74, 6) is 0.940. The van der Waals surface area contributed by atoms with Gasteiger partial charge in [-0.25, -0.2) is 0 Å². The number of hydrogen-bond acceptors (Lipinski definition) is 3. The average molecular weight is 236 g/mol. The first-order chi connectivity index (χ1) is 7.98. The molecule has 0 unspecified atom stereocenters. The van der Waals surface area contributed by atoms with E-state index in [1.165, 1.54) is 11.1 Å². The molecule has 0 aliphatic carbocycles. The molecule has 17 heavy (non-hydrogen) atoms. The zero-order valence-corrected chi connectivity index (χ0v) is 11.3. The molecule has 0 saturated heterocycles. The van der Waals surface area contributed by atoms with Gasteiger partial charge in [0.1, 0.15) is 5.75 Å². The first kappa shape index (κ1) is 14.0. The summed E-state index contributed by atoms with van der Waals surface area (Å²) in [6.45, 7) is 7.99. The molecule has 1 aromatic rings. The molecule has 0 saturated carbocycles. The summed E-state index contributed by atoms with van der Waals surface area (Å²) >= 11 is 0. The Labute approximate surface area is 104 Å². The molecular weight excluding hydrogens is 212 g/mol. The van der Waals surface area contributed by atoms with E-state index in [4.69, 9.17) is 10.5 Å². The first-order valence-electron chi connectivity index (χ1n) is 6.07. The molecule has 0 aliphatic rings. The Kier molecular flexibility index (Phi) is 4.97. The maximum atomic E-state index is 5.59. The van der Waals surface area contributed by atoms with Crippen LogP contribution in [0.3, 0.4) is 0 Å². The van der Waals surface area contributed by atoms with E-state index in [2.05, 4.69) is 38.2 Å². The van der Waals surface area contributed by atoms with Crippen molar-refractivity contribution < 1.29 is 4.74 Å². The summed E-state index contributed by atoms with van der Waals surface area (Å²) in [5.41, 5.74) is 8.12. The van der Waals surface area contributed by atoms with Gasteiger partial charge in [-0.1, -0.05) is 12.1 Å². The van der Waals surface area contributed by atoms with E-state index in [0.29, 0.717) is 6.54 Å². The summed E-state index contributed by atoms with van der Waals surface area (Å²) in [6, 6.07) is 6.27. The van der Waals surface area contributed by atoms with Crippen LogP contribution in [0.1, 0.15) is 31.4 Å². The first-order valence-corrected chi connectivity index (χ1v) is 6.07. The maximum absolute atomic E-state index is 5.59. The zero-order valence-electron chi connectivity index (χ0n) is 11.3. The van der Waals surface area contributed by atoms with Crippen LogP contribution < -0.4 is 15.8 Å². The Bertz CT molecular complexity index is 361. The van der Waals surface area contributed by atoms with E-state index in [9.17, 15) is 0 Å². The molecule has 0 bridgehead atoms. The quantitative estimate of drug-likeness (QED) is 0.796. The standard InChI is InChI=1S/C14H24N2O/c1-11-9-12(5-6-13(11)17-4)10-16-14(2,3)7-8-15/h5-6,9,16H,7-8,10,15H2,1-4H3. The summed E-state index contributed by atoms with van der Waals surface area (Å²) in [4.78, 5) is 0. The largest absolute Gasteiger partial charge is 0.496 e. The van der Waals surface area contributed by atoms with Gasteiger partial charge in [0.05, 0.1) is 7.11 Å². The predicted molar refractivity (Wildman–Crippen MR) is 72.3 cm³/mol. The lowest BCUT2D eigenvalue weighted by atomic mass is 10.00. The minimum Gasteiger partial charge on any atom is -0.496 e. The predicted octanol–water partition coefficient (Wildman–Crippen LogP) is 2.22. The van der Waals surface area contributed by atoms with E-state index < -0.39 is 0 Å². The third-order valence-electron chi connectivity index (χ3n) is 3.00. The van der Waals surface area contributed by atoms with Gasteiger partial charge in [0, 0.05) is 12.1 Å². The second kappa shape index (κ2) is 6.03. The van der Waals surface area contributed by atoms with Gasteiger partial charge in [-0.15, -0.1) is 0 Å². The smallest absolute Gasteiger partial charge is 0.121 e. The van der Waals surface area contributed by atoms with Crippen LogP contribution >= 0.6 is 0 Å². The van der Waals surface area contributed by atoms with Crippen LogP contribution in [-0.4, -0.2) is 19.2 Å². The van der Waals surface area contributed by atoms with Gasteiger partial charge in [0.15, 0.2) is 0 Å². The van der Waals surface area contributed by atoms with E-state index in [1.54, 1.807) is 7.11 Å². The van der Waals surface area contributed by atoms with Crippen LogP contribution in [0.5, 0.6) is 5.75 Å². The molecule has 0 heterocycles. The molecule has 0 atom stereocenters. The molecule has 1 aromatic carbocycles. The number of hydrogen-bond donors (Lipinski definition) is 2. The molecule has 3 heteroatoms. The highest BCUT2D eigenvalue weighted by Crippen LogP contribution is 2.19. The molecule has 0 amide bonds. The van der Waals surface area contributed by atoms with E-state index >= 15 is 0 Å². The summed E-state index contributed by atoms with van der Waals surface area (Å²) in [6.07, 6.45) is 0.974. The van der Waals surface area contributed by atoms with Crippen molar-refractivity contribution >= 4 is 0 Å². The fourth-order valence-electron chi connectivity index (χ4n) is 1.84. The Hall–Kier alpha value is -1.06. The van der Waals surface area contributed by atoms with Crippen molar-refractivity contribution in [1.29, 1.82) is 0 Å². The lowest BCUT2D eigenvalue weighted by Gasteiger charge is -2.26. The number of benzene rings is 1. The maximum Gasteiger partial charge on any atom is 0.121 e. The molecular formula is C14H24N2O. The molecule has 96 valence electrons. The molecule has 0 fully saturated rings. The van der Waals surface area contributed by atoms with E-state index in [-0.39, 0.29) is 5.54 Å². The molecule has 0 radical (unpaired) electrons. The summed E-state index contributed by atoms with van der Waals surface area (Å²) in [5, 5.41) is 3.52. The lowest BCUT2D eigenvalue weighted by molar-refractivity contribution is 0.365. The minimum atomic E-state index is 0.0859. The summed E-state index contributed by atoms with van der Waals surface area (Å²) in [7, 11) is 1.70. The Morgan fingerprint density at radius 3 is 2.59 bits per heavy atom. The lowest BCUT2D eigenvalue weighted by Crippen LogP contribution is -2.40. The number of nitrogens with two attached hydrogens (primary N) is 1. The number of rotatable bonds is 6. The topological polar surface area (TPSA) is 47.3 Å². The van der Waals surface area contributed by atoms with Crippen LogP contribution in [0.15, 0.2) is 18.2 Å². The number of ether oxygens (including phenoxy) is 1. The highest BCUT2D eigenvalue weighted by Gasteiger charge is 2.15. The van der Waals surface area contributed by atoms with Gasteiger partial charge in [0.25, 0.3) is 0 Å². The Morgan fingerprint density at radius 1 is 1.35 bits per heavy atom. The van der Waals surface area contributed by atoms with E-state index in [0.717, 1.165) is 18.7 Å². The molecule has 3 nitrogen and oxygen atoms in total. The molecule has 1 rings (SSSR count). The van der Waals surface area contributed by atoms with Crippen molar-refractivity contribution in [3.8, 4) is 5.75 Å². The third-order valence-corrected chi connectivity index (χ3v) is 3.00. The Morgan fingerprint density at radius 2 is 2.06 bits per heavy atom. The SMILES string of the molecule is COc1ccc(CNC(C)(C)CCN)cc1C. The molecule has 0 spiro atoms. The van der Waals surface area contributed by atoms with Crippen LogP contribution in [0.25, 0.3) is 0 Å². The van der Waals surface area contributed by atoms with Crippen molar-refractivity contribution in [1.82, 2.24) is 5.32 Å². The monoisotopic (exact) mass is 236 g/mol. The van der Waals surface area contributed by atoms with Crippen molar-refractivity contribution in [3.63, 3.8) is 0 Å². The molecule has 0 aromatic heterocycles. The normalized spacial score (nSPS) is 11.6. The fraction of sp³-hybridized carbons (Fsp3) is 0.571. The number of nitrogens with one attached hydrogen (secondary N) is 1. The highest BCUT2D eigenvalue weighted by molar-refractivity contribution is 5.36. The fourth-order valence-corrected chi connectivity index (χ4v) is 1.84. The zero-order chi connectivity index (χ0) is 12.9. The van der Waals surface area contributed by atoms with Gasteiger partial charge in [-0.05, 0) is 50.9 Å². The third kappa shape index (κ3) is 4.36. The van der Waals surface area contributed by atoms with Gasteiger partial charge < -0.3 is 15.8 Å². The minimum absolute atomic E-state index is 0.0859. The van der Waals surface area contributed by atoms with Gasteiger partial charge in [-0.3, -0.25) is 0 Å². The number of aryl methyl sites for hydroxylation is 1. The highest BCUT2D eigenvalue weighted by atomic mass is 16.5. The van der Waals surface area contributed by atoms with Crippen LogP contribution in [-0.2, 0) is 6.54 Å². The van der Waals surface area contributed by atoms with Crippen LogP contribution in [0, 0.1) is 6.92 Å². The van der Waals surface area contributed by atoms with E-state index in [1.807, 2.05) is 6.07 Å². The van der Waals surface area contributed by atoms with Crippen LogP contribution in [0.4, 0.5) is 0 Å².